The van der Waals surface area contributed by atoms with Gasteiger partial charge < -0.3 is 15.0 Å². The SMILES string of the molecule is C[C@@H]1CCCC[C@]12NC(=O)N(CC(=O)OCC(=O)N(C)CCC#N)C2=O. The third kappa shape index (κ3) is 3.95. The van der Waals surface area contributed by atoms with Gasteiger partial charge in [0.05, 0.1) is 12.5 Å². The Morgan fingerprint density at radius 2 is 2.15 bits per heavy atom. The predicted molar refractivity (Wildman–Crippen MR) is 89.4 cm³/mol. The lowest BCUT2D eigenvalue weighted by molar-refractivity contribution is -0.153. The molecule has 1 N–H and O–H groups in total. The van der Waals surface area contributed by atoms with Crippen LogP contribution in [0.15, 0.2) is 0 Å². The molecular weight excluding hydrogens is 340 g/mol. The maximum atomic E-state index is 12.7. The van der Waals surface area contributed by atoms with Crippen LogP contribution < -0.4 is 5.32 Å². The molecule has 2 aliphatic rings. The second kappa shape index (κ2) is 8.17. The quantitative estimate of drug-likeness (QED) is 0.538. The average molecular weight is 364 g/mol. The van der Waals surface area contributed by atoms with Gasteiger partial charge in [-0.15, -0.1) is 0 Å². The number of hydrogen-bond donors (Lipinski definition) is 1. The Morgan fingerprint density at radius 3 is 2.81 bits per heavy atom. The van der Waals surface area contributed by atoms with Crippen molar-refractivity contribution in [1.82, 2.24) is 15.1 Å². The van der Waals surface area contributed by atoms with Gasteiger partial charge in [0.25, 0.3) is 11.8 Å². The highest BCUT2D eigenvalue weighted by Gasteiger charge is 2.55. The number of likely N-dealkylation sites (N-methyl/N-ethyl adjacent to an activating group) is 1. The van der Waals surface area contributed by atoms with E-state index in [9.17, 15) is 19.2 Å². The molecule has 0 aromatic heterocycles. The van der Waals surface area contributed by atoms with Crippen molar-refractivity contribution in [2.45, 2.75) is 44.6 Å². The van der Waals surface area contributed by atoms with Crippen LogP contribution in [-0.4, -0.2) is 65.9 Å². The maximum absolute atomic E-state index is 12.7. The van der Waals surface area contributed by atoms with Crippen molar-refractivity contribution in [1.29, 1.82) is 5.26 Å². The molecule has 9 heteroatoms. The molecule has 0 unspecified atom stereocenters. The number of amides is 4. The molecule has 0 aromatic carbocycles. The highest BCUT2D eigenvalue weighted by molar-refractivity contribution is 6.09. The molecule has 26 heavy (non-hydrogen) atoms. The average Bonchev–Trinajstić information content (AvgIpc) is 2.85. The van der Waals surface area contributed by atoms with E-state index in [0.29, 0.717) is 6.42 Å². The Hall–Kier alpha value is -2.63. The number of nitrogens with one attached hydrogen (secondary N) is 1. The number of hydrogen-bond acceptors (Lipinski definition) is 6. The van der Waals surface area contributed by atoms with Crippen LogP contribution in [0, 0.1) is 17.2 Å². The standard InChI is InChI=1S/C17H24N4O5/c1-12-6-3-4-7-17(12)15(24)21(16(25)19-17)10-14(23)26-11-13(22)20(2)9-5-8-18/h12H,3-7,9-11H2,1-2H3,(H,19,25)/t12-,17+/m1/s1. The first-order chi connectivity index (χ1) is 12.3. The molecule has 2 rings (SSSR count). The molecule has 142 valence electrons. The molecule has 2 fully saturated rings. The third-order valence-corrected chi connectivity index (χ3v) is 5.13. The van der Waals surface area contributed by atoms with E-state index in [0.717, 1.165) is 24.2 Å². The van der Waals surface area contributed by atoms with Crippen molar-refractivity contribution in [2.75, 3.05) is 26.7 Å². The summed E-state index contributed by atoms with van der Waals surface area (Å²) in [6.07, 6.45) is 3.44. The van der Waals surface area contributed by atoms with Crippen molar-refractivity contribution in [3.63, 3.8) is 0 Å². The zero-order valence-electron chi connectivity index (χ0n) is 15.1. The van der Waals surface area contributed by atoms with E-state index >= 15 is 0 Å². The van der Waals surface area contributed by atoms with Gasteiger partial charge >= 0.3 is 12.0 Å². The molecule has 1 saturated carbocycles. The number of urea groups is 1. The molecule has 1 aliphatic heterocycles. The van der Waals surface area contributed by atoms with Gasteiger partial charge in [-0.1, -0.05) is 19.8 Å². The van der Waals surface area contributed by atoms with E-state index < -0.39 is 42.5 Å². The smallest absolute Gasteiger partial charge is 0.326 e. The van der Waals surface area contributed by atoms with Crippen LogP contribution in [0.3, 0.4) is 0 Å². The second-order valence-electron chi connectivity index (χ2n) is 6.82. The Balaban J connectivity index is 1.89. The van der Waals surface area contributed by atoms with Crippen LogP contribution in [-0.2, 0) is 19.1 Å². The summed E-state index contributed by atoms with van der Waals surface area (Å²) in [7, 11) is 1.50. The van der Waals surface area contributed by atoms with E-state index in [4.69, 9.17) is 10.00 Å². The summed E-state index contributed by atoms with van der Waals surface area (Å²) in [5.74, 6) is -1.67. The van der Waals surface area contributed by atoms with Crippen molar-refractivity contribution in [3.8, 4) is 6.07 Å². The summed E-state index contributed by atoms with van der Waals surface area (Å²) in [6.45, 7) is 1.15. The molecule has 1 aliphatic carbocycles. The fourth-order valence-corrected chi connectivity index (χ4v) is 3.41. The largest absolute Gasteiger partial charge is 0.454 e. The second-order valence-corrected chi connectivity index (χ2v) is 6.82. The minimum absolute atomic E-state index is 0.00378. The van der Waals surface area contributed by atoms with Gasteiger partial charge in [0.15, 0.2) is 6.61 Å². The fraction of sp³-hybridized carbons (Fsp3) is 0.706. The van der Waals surface area contributed by atoms with Gasteiger partial charge in [-0.3, -0.25) is 19.3 Å². The van der Waals surface area contributed by atoms with Gasteiger partial charge in [0.2, 0.25) is 0 Å². The summed E-state index contributed by atoms with van der Waals surface area (Å²) in [6, 6.07) is 1.32. The number of ether oxygens (including phenoxy) is 1. The molecule has 2 atom stereocenters. The summed E-state index contributed by atoms with van der Waals surface area (Å²) in [4.78, 5) is 50.8. The number of carbonyl (C=O) groups is 4. The summed E-state index contributed by atoms with van der Waals surface area (Å²) in [5.41, 5.74) is -0.928. The van der Waals surface area contributed by atoms with E-state index in [1.807, 2.05) is 13.0 Å². The molecule has 9 nitrogen and oxygen atoms in total. The molecular formula is C17H24N4O5. The Morgan fingerprint density at radius 1 is 1.42 bits per heavy atom. The summed E-state index contributed by atoms with van der Waals surface area (Å²) in [5, 5.41) is 11.3. The molecule has 1 heterocycles. The number of nitriles is 1. The lowest BCUT2D eigenvalue weighted by Crippen LogP contribution is -2.54. The molecule has 1 spiro atoms. The van der Waals surface area contributed by atoms with Gasteiger partial charge in [-0.25, -0.2) is 4.79 Å². The lowest BCUT2D eigenvalue weighted by Gasteiger charge is -2.36. The number of nitrogens with zero attached hydrogens (tertiary/aromatic N) is 3. The minimum Gasteiger partial charge on any atom is -0.454 e. The highest BCUT2D eigenvalue weighted by atomic mass is 16.5. The van der Waals surface area contributed by atoms with Gasteiger partial charge in [-0.2, -0.15) is 5.26 Å². The Kier molecular flexibility index (Phi) is 6.18. The number of imide groups is 1. The zero-order valence-corrected chi connectivity index (χ0v) is 15.1. The number of rotatable bonds is 6. The van der Waals surface area contributed by atoms with Crippen molar-refractivity contribution in [2.24, 2.45) is 5.92 Å². The normalized spacial score (nSPS) is 25.0. The molecule has 0 bridgehead atoms. The van der Waals surface area contributed by atoms with Crippen LogP contribution in [0.1, 0.15) is 39.0 Å². The van der Waals surface area contributed by atoms with Crippen LogP contribution >= 0.6 is 0 Å². The third-order valence-electron chi connectivity index (χ3n) is 5.13. The zero-order chi connectivity index (χ0) is 19.3. The van der Waals surface area contributed by atoms with Crippen molar-refractivity contribution in [3.05, 3.63) is 0 Å². The maximum Gasteiger partial charge on any atom is 0.326 e. The Labute approximate surface area is 152 Å². The highest BCUT2D eigenvalue weighted by Crippen LogP contribution is 2.38. The van der Waals surface area contributed by atoms with E-state index in [-0.39, 0.29) is 18.9 Å². The predicted octanol–water partition coefficient (Wildman–Crippen LogP) is 0.402. The summed E-state index contributed by atoms with van der Waals surface area (Å²) < 4.78 is 4.88. The monoisotopic (exact) mass is 364 g/mol. The molecule has 0 aromatic rings. The van der Waals surface area contributed by atoms with E-state index in [1.165, 1.54) is 11.9 Å². The number of esters is 1. The lowest BCUT2D eigenvalue weighted by atomic mass is 9.73. The van der Waals surface area contributed by atoms with E-state index in [1.54, 1.807) is 0 Å². The van der Waals surface area contributed by atoms with Crippen LogP contribution in [0.25, 0.3) is 0 Å². The minimum atomic E-state index is -0.928. The molecule has 0 radical (unpaired) electrons. The van der Waals surface area contributed by atoms with E-state index in [2.05, 4.69) is 5.32 Å². The Bertz CT molecular complexity index is 644. The van der Waals surface area contributed by atoms with Crippen molar-refractivity contribution < 1.29 is 23.9 Å². The summed E-state index contributed by atoms with van der Waals surface area (Å²) >= 11 is 0. The van der Waals surface area contributed by atoms with Gasteiger partial charge in [0, 0.05) is 13.6 Å². The first kappa shape index (κ1) is 19.7. The topological polar surface area (TPSA) is 120 Å². The fourth-order valence-electron chi connectivity index (χ4n) is 3.41. The molecule has 1 saturated heterocycles. The van der Waals surface area contributed by atoms with Gasteiger partial charge in [-0.05, 0) is 18.8 Å². The number of carbonyl (C=O) groups excluding carboxylic acids is 4. The first-order valence-corrected chi connectivity index (χ1v) is 8.72. The van der Waals surface area contributed by atoms with Crippen LogP contribution in [0.4, 0.5) is 4.79 Å². The van der Waals surface area contributed by atoms with Gasteiger partial charge in [0.1, 0.15) is 12.1 Å². The van der Waals surface area contributed by atoms with Crippen LogP contribution in [0.5, 0.6) is 0 Å². The first-order valence-electron chi connectivity index (χ1n) is 8.72. The van der Waals surface area contributed by atoms with Crippen molar-refractivity contribution >= 4 is 23.8 Å². The van der Waals surface area contributed by atoms with Crippen LogP contribution in [0.2, 0.25) is 0 Å². The molecule has 4 amide bonds.